The second-order valence-corrected chi connectivity index (χ2v) is 7.58. The molecule has 0 radical (unpaired) electrons. The number of ether oxygens (including phenoxy) is 2. The molecule has 1 aliphatic heterocycles. The number of hydrogen-bond donors (Lipinski definition) is 0. The Kier molecular flexibility index (Phi) is 7.66. The first-order valence-electron chi connectivity index (χ1n) is 7.47. The first-order valence-corrected chi connectivity index (χ1v) is 9.95. The Morgan fingerprint density at radius 1 is 0.727 bits per heavy atom. The maximum absolute atomic E-state index is 12.1. The molecule has 0 aromatic heterocycles. The van der Waals surface area contributed by atoms with Gasteiger partial charge in [-0.1, -0.05) is 33.7 Å². The van der Waals surface area contributed by atoms with E-state index in [0.717, 1.165) is 37.2 Å². The molecule has 0 unspecified atom stereocenters. The number of benzene rings is 1. The lowest BCUT2D eigenvalue weighted by molar-refractivity contribution is 0.0452. The summed E-state index contributed by atoms with van der Waals surface area (Å²) >= 11 is 0. The molecule has 0 N–H and O–H groups in total. The van der Waals surface area contributed by atoms with Gasteiger partial charge in [0.05, 0.1) is 24.3 Å². The quantitative estimate of drug-likeness (QED) is 0.526. The molecule has 1 heterocycles. The number of carbonyl (C=O) groups excluding carboxylic acids is 2. The van der Waals surface area contributed by atoms with E-state index in [9.17, 15) is 9.59 Å². The van der Waals surface area contributed by atoms with Crippen LogP contribution in [0.2, 0.25) is 0 Å². The fourth-order valence-corrected chi connectivity index (χ4v) is 4.26. The summed E-state index contributed by atoms with van der Waals surface area (Å²) in [5.41, 5.74) is 0.564. The van der Waals surface area contributed by atoms with E-state index < -0.39 is 11.9 Å². The minimum absolute atomic E-state index is 0.282. The van der Waals surface area contributed by atoms with Gasteiger partial charge in [0, 0.05) is 11.5 Å². The molecule has 6 heteroatoms. The van der Waals surface area contributed by atoms with Crippen LogP contribution in [0, 0.1) is 0 Å². The van der Waals surface area contributed by atoms with Crippen LogP contribution < -0.4 is 0 Å². The summed E-state index contributed by atoms with van der Waals surface area (Å²) in [7, 11) is 3.69. The number of hydrogen-bond acceptors (Lipinski definition) is 6. The van der Waals surface area contributed by atoms with Gasteiger partial charge in [0.15, 0.2) is 0 Å². The molecular formula is C16H20O4S2. The highest BCUT2D eigenvalue weighted by Crippen LogP contribution is 2.24. The van der Waals surface area contributed by atoms with Crippen molar-refractivity contribution in [3.05, 3.63) is 35.4 Å². The topological polar surface area (TPSA) is 52.6 Å². The molecule has 0 spiro atoms. The van der Waals surface area contributed by atoms with Crippen molar-refractivity contribution in [1.82, 2.24) is 0 Å². The standard InChI is InChI=1S/C16H20O4S2/c17-15-13-7-1-2-8-14(13)16(18)20-10-4-6-12-22-21-11-5-3-9-19-15/h1-2,7-8H,3-6,9-12H2. The van der Waals surface area contributed by atoms with E-state index in [1.54, 1.807) is 24.3 Å². The van der Waals surface area contributed by atoms with E-state index in [1.165, 1.54) is 0 Å². The zero-order chi connectivity index (χ0) is 15.6. The zero-order valence-electron chi connectivity index (χ0n) is 12.4. The van der Waals surface area contributed by atoms with Gasteiger partial charge < -0.3 is 9.47 Å². The number of carbonyl (C=O) groups is 2. The van der Waals surface area contributed by atoms with Crippen molar-refractivity contribution in [2.45, 2.75) is 25.7 Å². The predicted molar refractivity (Wildman–Crippen MR) is 90.4 cm³/mol. The highest BCUT2D eigenvalue weighted by atomic mass is 33.1. The van der Waals surface area contributed by atoms with Gasteiger partial charge in [-0.2, -0.15) is 0 Å². The molecular weight excluding hydrogens is 320 g/mol. The van der Waals surface area contributed by atoms with Crippen molar-refractivity contribution < 1.29 is 19.1 Å². The number of esters is 2. The van der Waals surface area contributed by atoms with Crippen molar-refractivity contribution >= 4 is 33.5 Å². The maximum atomic E-state index is 12.1. The van der Waals surface area contributed by atoms with Gasteiger partial charge in [-0.25, -0.2) is 9.59 Å². The molecule has 0 atom stereocenters. The Hall–Kier alpha value is -1.14. The van der Waals surface area contributed by atoms with Gasteiger partial charge in [0.2, 0.25) is 0 Å². The maximum Gasteiger partial charge on any atom is 0.339 e. The minimum atomic E-state index is -0.457. The monoisotopic (exact) mass is 340 g/mol. The van der Waals surface area contributed by atoms with Gasteiger partial charge in [-0.3, -0.25) is 0 Å². The van der Waals surface area contributed by atoms with Crippen LogP contribution in [0.25, 0.3) is 0 Å². The Balaban J connectivity index is 2.04. The highest BCUT2D eigenvalue weighted by Gasteiger charge is 2.18. The average molecular weight is 340 g/mol. The van der Waals surface area contributed by atoms with E-state index in [2.05, 4.69) is 0 Å². The Bertz CT molecular complexity index is 460. The molecule has 0 aliphatic carbocycles. The lowest BCUT2D eigenvalue weighted by Gasteiger charge is -2.10. The summed E-state index contributed by atoms with van der Waals surface area (Å²) in [5, 5.41) is 0. The summed E-state index contributed by atoms with van der Waals surface area (Å²) in [4.78, 5) is 24.2. The molecule has 1 aromatic carbocycles. The van der Waals surface area contributed by atoms with E-state index in [0.29, 0.717) is 13.2 Å². The Morgan fingerprint density at radius 2 is 1.18 bits per heavy atom. The number of cyclic esters (lactones) is 2. The first kappa shape index (κ1) is 17.2. The van der Waals surface area contributed by atoms with Crippen LogP contribution in [0.3, 0.4) is 0 Å². The van der Waals surface area contributed by atoms with Crippen molar-refractivity contribution in [1.29, 1.82) is 0 Å². The minimum Gasteiger partial charge on any atom is -0.462 e. The third-order valence-electron chi connectivity index (χ3n) is 3.16. The van der Waals surface area contributed by atoms with Crippen LogP contribution >= 0.6 is 21.6 Å². The molecule has 1 aliphatic rings. The number of fused-ring (bicyclic) bond motifs is 1. The summed E-state index contributed by atoms with van der Waals surface area (Å²) in [6.07, 6.45) is 3.72. The van der Waals surface area contributed by atoms with Gasteiger partial charge >= 0.3 is 11.9 Å². The van der Waals surface area contributed by atoms with E-state index in [-0.39, 0.29) is 11.1 Å². The largest absolute Gasteiger partial charge is 0.462 e. The van der Waals surface area contributed by atoms with Gasteiger partial charge in [0.25, 0.3) is 0 Å². The molecule has 1 aromatic rings. The smallest absolute Gasteiger partial charge is 0.339 e. The average Bonchev–Trinajstić information content (AvgIpc) is 2.54. The van der Waals surface area contributed by atoms with Crippen molar-refractivity contribution in [2.75, 3.05) is 24.7 Å². The third-order valence-corrected chi connectivity index (χ3v) is 5.74. The zero-order valence-corrected chi connectivity index (χ0v) is 14.0. The fourth-order valence-electron chi connectivity index (χ4n) is 1.97. The second kappa shape index (κ2) is 9.79. The van der Waals surface area contributed by atoms with E-state index in [1.807, 2.05) is 21.6 Å². The van der Waals surface area contributed by atoms with Crippen LogP contribution in [0.5, 0.6) is 0 Å². The predicted octanol–water partition coefficient (Wildman–Crippen LogP) is 3.96. The normalized spacial score (nSPS) is 18.9. The Morgan fingerprint density at radius 3 is 1.64 bits per heavy atom. The summed E-state index contributed by atoms with van der Waals surface area (Å²) < 4.78 is 10.5. The highest BCUT2D eigenvalue weighted by molar-refractivity contribution is 8.76. The van der Waals surface area contributed by atoms with Crippen LogP contribution in [-0.2, 0) is 9.47 Å². The molecule has 22 heavy (non-hydrogen) atoms. The molecule has 0 bridgehead atoms. The SMILES string of the molecule is O=C1OCCCCSSCCCCOC(=O)c2ccccc21. The Labute approximate surface area is 138 Å². The van der Waals surface area contributed by atoms with Crippen LogP contribution in [0.4, 0.5) is 0 Å². The first-order chi connectivity index (χ1) is 10.8. The van der Waals surface area contributed by atoms with Gasteiger partial charge in [-0.15, -0.1) is 0 Å². The van der Waals surface area contributed by atoms with Gasteiger partial charge in [-0.05, 0) is 37.8 Å². The van der Waals surface area contributed by atoms with E-state index in [4.69, 9.17) is 9.47 Å². The summed E-state index contributed by atoms with van der Waals surface area (Å²) in [6, 6.07) is 6.65. The third kappa shape index (κ3) is 5.57. The van der Waals surface area contributed by atoms with Crippen molar-refractivity contribution in [3.63, 3.8) is 0 Å². The van der Waals surface area contributed by atoms with Crippen molar-refractivity contribution in [3.8, 4) is 0 Å². The van der Waals surface area contributed by atoms with Crippen molar-refractivity contribution in [2.24, 2.45) is 0 Å². The fraction of sp³-hybridized carbons (Fsp3) is 0.500. The summed E-state index contributed by atoms with van der Waals surface area (Å²) in [5.74, 6) is 1.21. The molecule has 4 nitrogen and oxygen atoms in total. The van der Waals surface area contributed by atoms with Crippen LogP contribution in [-0.4, -0.2) is 36.7 Å². The van der Waals surface area contributed by atoms with E-state index >= 15 is 0 Å². The lowest BCUT2D eigenvalue weighted by Crippen LogP contribution is -2.15. The lowest BCUT2D eigenvalue weighted by atomic mass is 10.1. The van der Waals surface area contributed by atoms with Crippen LogP contribution in [0.15, 0.2) is 24.3 Å². The molecule has 0 amide bonds. The number of rotatable bonds is 0. The van der Waals surface area contributed by atoms with Gasteiger partial charge in [0.1, 0.15) is 0 Å². The second-order valence-electron chi connectivity index (χ2n) is 4.88. The molecule has 2 rings (SSSR count). The molecule has 120 valence electrons. The molecule has 0 fully saturated rings. The molecule has 0 saturated carbocycles. The van der Waals surface area contributed by atoms with Crippen LogP contribution in [0.1, 0.15) is 46.4 Å². The summed E-state index contributed by atoms with van der Waals surface area (Å²) in [6.45, 7) is 0.765. The molecule has 0 saturated heterocycles.